The quantitative estimate of drug-likeness (QED) is 0.589. The van der Waals surface area contributed by atoms with Crippen LogP contribution >= 0.6 is 11.6 Å². The first-order valence-corrected chi connectivity index (χ1v) is 7.36. The number of amides is 1. The first kappa shape index (κ1) is 17.0. The zero-order chi connectivity index (χ0) is 16.8. The fourth-order valence-electron chi connectivity index (χ4n) is 1.92. The lowest BCUT2D eigenvalue weighted by atomic mass is 10.1. The van der Waals surface area contributed by atoms with Crippen LogP contribution in [0, 0.1) is 6.92 Å². The van der Waals surface area contributed by atoms with Crippen molar-refractivity contribution < 1.29 is 9.90 Å². The van der Waals surface area contributed by atoms with Crippen molar-refractivity contribution in [1.29, 1.82) is 0 Å². The molecule has 122 valence electrons. The molecule has 0 saturated heterocycles. The van der Waals surface area contributed by atoms with Crippen LogP contribution in [0.1, 0.15) is 17.4 Å². The van der Waals surface area contributed by atoms with E-state index in [0.717, 1.165) is 0 Å². The van der Waals surface area contributed by atoms with E-state index in [1.54, 1.807) is 31.2 Å². The lowest BCUT2D eigenvalue weighted by Crippen LogP contribution is -2.33. The number of aliphatic hydroxyl groups is 1. The van der Waals surface area contributed by atoms with Gasteiger partial charge in [-0.25, -0.2) is 4.98 Å². The average molecular weight is 337 g/mol. The number of aromatic amines is 1. The normalized spacial score (nSPS) is 11.8. The first-order valence-electron chi connectivity index (χ1n) is 6.99. The molecule has 1 amide bonds. The van der Waals surface area contributed by atoms with Crippen molar-refractivity contribution >= 4 is 23.5 Å². The maximum atomic E-state index is 11.9. The Kier molecular flexibility index (Phi) is 5.72. The highest BCUT2D eigenvalue weighted by Crippen LogP contribution is 2.16. The van der Waals surface area contributed by atoms with Gasteiger partial charge in [0.2, 0.25) is 5.95 Å². The zero-order valence-electron chi connectivity index (χ0n) is 12.5. The first-order chi connectivity index (χ1) is 11.0. The summed E-state index contributed by atoms with van der Waals surface area (Å²) in [7, 11) is 0. The predicted octanol–water partition coefficient (Wildman–Crippen LogP) is 0.993. The minimum Gasteiger partial charge on any atom is -0.378 e. The number of benzene rings is 1. The Bertz CT molecular complexity index is 730. The summed E-state index contributed by atoms with van der Waals surface area (Å²) in [6.45, 7) is 2.33. The van der Waals surface area contributed by atoms with Crippen molar-refractivity contribution in [2.75, 3.05) is 18.4 Å². The molecule has 2 aromatic rings. The maximum absolute atomic E-state index is 11.9. The molecule has 0 aliphatic carbocycles. The van der Waals surface area contributed by atoms with Crippen LogP contribution < -0.4 is 16.2 Å². The molecule has 1 atom stereocenters. The topological polar surface area (TPSA) is 107 Å². The Hall–Kier alpha value is -2.38. The van der Waals surface area contributed by atoms with Gasteiger partial charge in [0.05, 0.1) is 0 Å². The summed E-state index contributed by atoms with van der Waals surface area (Å²) in [6, 6.07) is 7.78. The van der Waals surface area contributed by atoms with Gasteiger partial charge in [-0.2, -0.15) is 0 Å². The number of rotatable bonds is 6. The fraction of sp³-hybridized carbons (Fsp3) is 0.267. The van der Waals surface area contributed by atoms with Gasteiger partial charge < -0.3 is 15.7 Å². The van der Waals surface area contributed by atoms with E-state index in [1.807, 2.05) is 0 Å². The molecule has 23 heavy (non-hydrogen) atoms. The average Bonchev–Trinajstić information content (AvgIpc) is 2.50. The van der Waals surface area contributed by atoms with Crippen molar-refractivity contribution in [2.24, 2.45) is 0 Å². The molecule has 0 fully saturated rings. The summed E-state index contributed by atoms with van der Waals surface area (Å²) in [4.78, 5) is 29.8. The lowest BCUT2D eigenvalue weighted by molar-refractivity contribution is -0.129. The number of H-pyrrole nitrogens is 1. The number of hydrogen-bond donors (Lipinski definition) is 4. The van der Waals surface area contributed by atoms with E-state index in [0.29, 0.717) is 28.8 Å². The highest BCUT2D eigenvalue weighted by atomic mass is 35.5. The Balaban J connectivity index is 1.80. The van der Waals surface area contributed by atoms with Gasteiger partial charge in [0.1, 0.15) is 0 Å². The number of halogens is 1. The summed E-state index contributed by atoms with van der Waals surface area (Å²) >= 11 is 5.76. The van der Waals surface area contributed by atoms with Crippen molar-refractivity contribution in [3.8, 4) is 0 Å². The Morgan fingerprint density at radius 3 is 2.70 bits per heavy atom. The van der Waals surface area contributed by atoms with E-state index < -0.39 is 12.0 Å². The third-order valence-electron chi connectivity index (χ3n) is 3.02. The second-order valence-corrected chi connectivity index (χ2v) is 5.34. The van der Waals surface area contributed by atoms with E-state index in [1.165, 1.54) is 6.07 Å². The van der Waals surface area contributed by atoms with Crippen LogP contribution in [-0.4, -0.2) is 34.1 Å². The number of aliphatic hydroxyl groups excluding tert-OH is 1. The minimum absolute atomic E-state index is 0.248. The smallest absolute Gasteiger partial charge is 0.253 e. The number of carbonyl (C=O) groups is 1. The Morgan fingerprint density at radius 2 is 2.04 bits per heavy atom. The molecule has 1 aromatic carbocycles. The molecule has 0 aliphatic heterocycles. The molecule has 0 aliphatic rings. The van der Waals surface area contributed by atoms with Gasteiger partial charge in [-0.3, -0.25) is 14.6 Å². The van der Waals surface area contributed by atoms with E-state index >= 15 is 0 Å². The molecular formula is C15H17ClN4O3. The summed E-state index contributed by atoms with van der Waals surface area (Å²) in [5.74, 6) is -0.178. The van der Waals surface area contributed by atoms with Crippen molar-refractivity contribution in [3.05, 3.63) is 57.0 Å². The van der Waals surface area contributed by atoms with Crippen molar-refractivity contribution in [1.82, 2.24) is 15.3 Å². The molecule has 1 unspecified atom stereocenters. The van der Waals surface area contributed by atoms with Crippen molar-refractivity contribution in [3.63, 3.8) is 0 Å². The number of hydrogen-bond acceptors (Lipinski definition) is 5. The standard InChI is InChI=1S/C15H17ClN4O3/c1-9-8-12(21)20-15(19-9)18-7-6-17-14(23)13(22)10-2-4-11(16)5-3-10/h2-5,8,13,22H,6-7H2,1H3,(H,17,23)(H2,18,19,20,21). The monoisotopic (exact) mass is 336 g/mol. The third-order valence-corrected chi connectivity index (χ3v) is 3.27. The Labute approximate surface area is 137 Å². The Morgan fingerprint density at radius 1 is 1.35 bits per heavy atom. The zero-order valence-corrected chi connectivity index (χ0v) is 13.2. The van der Waals surface area contributed by atoms with Crippen LogP contribution in [0.3, 0.4) is 0 Å². The molecule has 2 rings (SSSR count). The molecule has 1 aromatic heterocycles. The second kappa shape index (κ2) is 7.75. The van der Waals surface area contributed by atoms with Crippen molar-refractivity contribution in [2.45, 2.75) is 13.0 Å². The number of nitrogens with one attached hydrogen (secondary N) is 3. The molecule has 8 heteroatoms. The number of aryl methyl sites for hydroxylation is 1. The minimum atomic E-state index is -1.26. The van der Waals surface area contributed by atoms with E-state index in [4.69, 9.17) is 11.6 Å². The molecule has 4 N–H and O–H groups in total. The predicted molar refractivity (Wildman–Crippen MR) is 87.5 cm³/mol. The fourth-order valence-corrected chi connectivity index (χ4v) is 2.05. The summed E-state index contributed by atoms with van der Waals surface area (Å²) in [5, 5.41) is 15.9. The lowest BCUT2D eigenvalue weighted by Gasteiger charge is -2.12. The van der Waals surface area contributed by atoms with Gasteiger partial charge in [0.25, 0.3) is 11.5 Å². The van der Waals surface area contributed by atoms with Crippen LogP contribution in [0.15, 0.2) is 35.1 Å². The number of anilines is 1. The van der Waals surface area contributed by atoms with Crippen LogP contribution in [0.25, 0.3) is 0 Å². The summed E-state index contributed by atoms with van der Waals surface area (Å²) in [5.41, 5.74) is 0.810. The van der Waals surface area contributed by atoms with Gasteiger partial charge in [-0.05, 0) is 24.6 Å². The maximum Gasteiger partial charge on any atom is 0.253 e. The van der Waals surface area contributed by atoms with Gasteiger partial charge in [0, 0.05) is 29.9 Å². The third kappa shape index (κ3) is 5.08. The largest absolute Gasteiger partial charge is 0.378 e. The van der Waals surface area contributed by atoms with Gasteiger partial charge >= 0.3 is 0 Å². The van der Waals surface area contributed by atoms with Crippen LogP contribution in [-0.2, 0) is 4.79 Å². The molecule has 0 spiro atoms. The number of carbonyl (C=O) groups excluding carboxylic acids is 1. The summed E-state index contributed by atoms with van der Waals surface area (Å²) in [6.07, 6.45) is -1.26. The van der Waals surface area contributed by atoms with E-state index in [2.05, 4.69) is 20.6 Å². The van der Waals surface area contributed by atoms with Gasteiger partial charge in [-0.1, -0.05) is 23.7 Å². The van der Waals surface area contributed by atoms with Crippen LogP contribution in [0.2, 0.25) is 5.02 Å². The highest BCUT2D eigenvalue weighted by molar-refractivity contribution is 6.30. The molecule has 1 heterocycles. The molecular weight excluding hydrogens is 320 g/mol. The molecule has 0 saturated carbocycles. The highest BCUT2D eigenvalue weighted by Gasteiger charge is 2.16. The van der Waals surface area contributed by atoms with Crippen LogP contribution in [0.4, 0.5) is 5.95 Å². The number of aromatic nitrogens is 2. The van der Waals surface area contributed by atoms with E-state index in [9.17, 15) is 14.7 Å². The molecule has 0 bridgehead atoms. The van der Waals surface area contributed by atoms with Gasteiger partial charge in [0.15, 0.2) is 6.10 Å². The van der Waals surface area contributed by atoms with E-state index in [-0.39, 0.29) is 12.1 Å². The second-order valence-electron chi connectivity index (χ2n) is 4.91. The summed E-state index contributed by atoms with van der Waals surface area (Å²) < 4.78 is 0. The van der Waals surface area contributed by atoms with Crippen LogP contribution in [0.5, 0.6) is 0 Å². The van der Waals surface area contributed by atoms with Gasteiger partial charge in [-0.15, -0.1) is 0 Å². The molecule has 0 radical (unpaired) electrons. The SMILES string of the molecule is Cc1cc(=O)[nH]c(NCCNC(=O)C(O)c2ccc(Cl)cc2)n1. The molecule has 7 nitrogen and oxygen atoms in total. The number of nitrogens with zero attached hydrogens (tertiary/aromatic N) is 1.